The van der Waals surface area contributed by atoms with Crippen LogP contribution in [0.15, 0.2) is 60.8 Å². The molecule has 4 rings (SSSR count). The van der Waals surface area contributed by atoms with Gasteiger partial charge < -0.3 is 19.9 Å². The van der Waals surface area contributed by atoms with Crippen LogP contribution in [0.1, 0.15) is 24.0 Å². The molecule has 208 valence electrons. The van der Waals surface area contributed by atoms with Crippen LogP contribution in [0.3, 0.4) is 0 Å². The molecule has 0 bridgehead atoms. The molecule has 0 saturated carbocycles. The van der Waals surface area contributed by atoms with Crippen molar-refractivity contribution in [2.24, 2.45) is 0 Å². The van der Waals surface area contributed by atoms with Gasteiger partial charge in [0.2, 0.25) is 5.91 Å². The Morgan fingerprint density at radius 1 is 1.10 bits per heavy atom. The zero-order chi connectivity index (χ0) is 28.2. The summed E-state index contributed by atoms with van der Waals surface area (Å²) in [5.41, 5.74) is 0.395. The molecular formula is C29H32F4N4O2. The first-order chi connectivity index (χ1) is 18.5. The number of carbonyl (C=O) groups is 1. The van der Waals surface area contributed by atoms with Gasteiger partial charge >= 0.3 is 6.18 Å². The molecule has 6 nitrogen and oxygen atoms in total. The quantitative estimate of drug-likeness (QED) is 0.399. The van der Waals surface area contributed by atoms with E-state index in [9.17, 15) is 22.4 Å². The third-order valence-electron chi connectivity index (χ3n) is 7.21. The van der Waals surface area contributed by atoms with E-state index < -0.39 is 23.0 Å². The molecule has 1 saturated heterocycles. The second-order valence-corrected chi connectivity index (χ2v) is 9.92. The normalized spacial score (nSPS) is 15.3. The number of alkyl halides is 3. The second kappa shape index (κ2) is 11.6. The molecule has 0 radical (unpaired) electrons. The van der Waals surface area contributed by atoms with E-state index in [-0.39, 0.29) is 24.7 Å². The molecule has 1 N–H and O–H groups in total. The fourth-order valence-electron chi connectivity index (χ4n) is 4.97. The van der Waals surface area contributed by atoms with Gasteiger partial charge in [0.25, 0.3) is 0 Å². The lowest BCUT2D eigenvalue weighted by Gasteiger charge is -2.42. The average molecular weight is 545 g/mol. The topological polar surface area (TPSA) is 57.7 Å². The predicted molar refractivity (Wildman–Crippen MR) is 142 cm³/mol. The summed E-state index contributed by atoms with van der Waals surface area (Å²) in [6.45, 7) is 1.70. The van der Waals surface area contributed by atoms with Gasteiger partial charge in [-0.25, -0.2) is 4.39 Å². The number of aromatic nitrogens is 1. The molecule has 2 heterocycles. The van der Waals surface area contributed by atoms with E-state index in [4.69, 9.17) is 4.74 Å². The Morgan fingerprint density at radius 2 is 1.82 bits per heavy atom. The largest absolute Gasteiger partial charge is 0.496 e. The smallest absolute Gasteiger partial charge is 0.416 e. The first kappa shape index (κ1) is 28.4. The molecule has 1 aromatic heterocycles. The molecule has 1 amide bonds. The number of anilines is 1. The summed E-state index contributed by atoms with van der Waals surface area (Å²) < 4.78 is 59.2. The van der Waals surface area contributed by atoms with Gasteiger partial charge in [0.05, 0.1) is 29.5 Å². The molecule has 0 atom stereocenters. The highest BCUT2D eigenvalue weighted by atomic mass is 19.4. The molecule has 10 heteroatoms. The lowest BCUT2D eigenvalue weighted by atomic mass is 9.72. The number of rotatable bonds is 8. The van der Waals surface area contributed by atoms with Gasteiger partial charge in [-0.3, -0.25) is 9.78 Å². The number of methoxy groups -OCH3 is 1. The molecule has 0 aliphatic carbocycles. The number of piperidine rings is 1. The van der Waals surface area contributed by atoms with Crippen LogP contribution in [0.2, 0.25) is 0 Å². The molecule has 1 fully saturated rings. The molecule has 1 aliphatic rings. The van der Waals surface area contributed by atoms with Gasteiger partial charge in [0, 0.05) is 37.9 Å². The summed E-state index contributed by atoms with van der Waals surface area (Å²) in [4.78, 5) is 21.9. The van der Waals surface area contributed by atoms with Crippen molar-refractivity contribution in [1.29, 1.82) is 0 Å². The number of para-hydroxylation sites is 1. The summed E-state index contributed by atoms with van der Waals surface area (Å²) in [6.07, 6.45) is -2.24. The van der Waals surface area contributed by atoms with Gasteiger partial charge in [-0.2, -0.15) is 13.2 Å². The highest BCUT2D eigenvalue weighted by Crippen LogP contribution is 2.40. The third-order valence-corrected chi connectivity index (χ3v) is 7.21. The Hall–Kier alpha value is -3.66. The summed E-state index contributed by atoms with van der Waals surface area (Å²) in [7, 11) is 5.42. The molecule has 0 unspecified atom stereocenters. The highest BCUT2D eigenvalue weighted by Gasteiger charge is 2.43. The van der Waals surface area contributed by atoms with Crippen LogP contribution in [0.5, 0.6) is 5.75 Å². The number of hydrogen-bond donors (Lipinski definition) is 1. The van der Waals surface area contributed by atoms with Crippen molar-refractivity contribution in [1.82, 2.24) is 15.2 Å². The molecule has 39 heavy (non-hydrogen) atoms. The number of hydrogen-bond acceptors (Lipinski definition) is 5. The van der Waals surface area contributed by atoms with Crippen LogP contribution in [0.4, 0.5) is 23.2 Å². The standard InChI is InChI=1S/C29H32F4N4O2/c1-36(2)17-14-34-27(38)28(21-8-10-24(35-19-21)22-6-4-5-7-26(22)39-3)12-15-37(16-13-28)25-11-9-20(18-23(25)30)29(31,32)33/h4-11,18-19H,12-17H2,1-3H3,(H,34,38). The molecule has 0 spiro atoms. The molecule has 2 aromatic carbocycles. The zero-order valence-corrected chi connectivity index (χ0v) is 22.2. The van der Waals surface area contributed by atoms with E-state index in [2.05, 4.69) is 10.3 Å². The lowest BCUT2D eigenvalue weighted by molar-refractivity contribution is -0.137. The Balaban J connectivity index is 1.60. The summed E-state index contributed by atoms with van der Waals surface area (Å²) in [5, 5.41) is 3.03. The van der Waals surface area contributed by atoms with Gasteiger partial charge in [-0.15, -0.1) is 0 Å². The van der Waals surface area contributed by atoms with Crippen LogP contribution >= 0.6 is 0 Å². The molecular weight excluding hydrogens is 512 g/mol. The van der Waals surface area contributed by atoms with Crippen molar-refractivity contribution in [3.63, 3.8) is 0 Å². The van der Waals surface area contributed by atoms with Crippen molar-refractivity contribution in [2.75, 3.05) is 52.3 Å². The highest BCUT2D eigenvalue weighted by molar-refractivity contribution is 5.88. The Bertz CT molecular complexity index is 1290. The fraction of sp³-hybridized carbons (Fsp3) is 0.379. The predicted octanol–water partition coefficient (Wildman–Crippen LogP) is 5.13. The number of amides is 1. The fourth-order valence-corrected chi connectivity index (χ4v) is 4.97. The maximum Gasteiger partial charge on any atom is 0.416 e. The monoisotopic (exact) mass is 544 g/mol. The van der Waals surface area contributed by atoms with Gasteiger partial charge in [0.15, 0.2) is 0 Å². The van der Waals surface area contributed by atoms with Crippen molar-refractivity contribution in [2.45, 2.75) is 24.4 Å². The van der Waals surface area contributed by atoms with Crippen molar-refractivity contribution >= 4 is 11.6 Å². The van der Waals surface area contributed by atoms with Crippen LogP contribution in [0, 0.1) is 5.82 Å². The summed E-state index contributed by atoms with van der Waals surface area (Å²) in [6, 6.07) is 13.8. The maximum absolute atomic E-state index is 14.7. The van der Waals surface area contributed by atoms with Gasteiger partial charge in [-0.1, -0.05) is 18.2 Å². The lowest BCUT2D eigenvalue weighted by Crippen LogP contribution is -2.52. The maximum atomic E-state index is 14.7. The van der Waals surface area contributed by atoms with Crippen molar-refractivity contribution in [3.05, 3.63) is 77.7 Å². The Kier molecular flexibility index (Phi) is 8.44. The van der Waals surface area contributed by atoms with Crippen LogP contribution < -0.4 is 15.0 Å². The van der Waals surface area contributed by atoms with Crippen LogP contribution in [-0.2, 0) is 16.4 Å². The Morgan fingerprint density at radius 3 is 2.41 bits per heavy atom. The molecule has 3 aromatic rings. The second-order valence-electron chi connectivity index (χ2n) is 9.92. The zero-order valence-electron chi connectivity index (χ0n) is 22.2. The van der Waals surface area contributed by atoms with E-state index >= 15 is 0 Å². The number of halogens is 4. The average Bonchev–Trinajstić information content (AvgIpc) is 2.92. The van der Waals surface area contributed by atoms with E-state index in [1.165, 1.54) is 0 Å². The molecule has 1 aliphatic heterocycles. The number of likely N-dealkylation sites (N-methyl/N-ethyl adjacent to an activating group) is 1. The van der Waals surface area contributed by atoms with E-state index in [0.29, 0.717) is 43.4 Å². The van der Waals surface area contributed by atoms with Crippen LogP contribution in [-0.4, -0.2) is 63.2 Å². The first-order valence-corrected chi connectivity index (χ1v) is 12.7. The number of pyridine rings is 1. The van der Waals surface area contributed by atoms with Gasteiger partial charge in [-0.05, 0) is 68.9 Å². The van der Waals surface area contributed by atoms with E-state index in [1.807, 2.05) is 55.4 Å². The minimum absolute atomic E-state index is 0.0919. The number of ether oxygens (including phenoxy) is 1. The number of nitrogens with one attached hydrogen (secondary N) is 1. The first-order valence-electron chi connectivity index (χ1n) is 12.7. The summed E-state index contributed by atoms with van der Waals surface area (Å²) in [5.74, 6) is -0.403. The van der Waals surface area contributed by atoms with E-state index in [0.717, 1.165) is 23.3 Å². The van der Waals surface area contributed by atoms with E-state index in [1.54, 1.807) is 18.2 Å². The number of nitrogens with zero attached hydrogens (tertiary/aromatic N) is 3. The number of benzene rings is 2. The van der Waals surface area contributed by atoms with Gasteiger partial charge in [0.1, 0.15) is 11.6 Å². The van der Waals surface area contributed by atoms with Crippen molar-refractivity contribution in [3.8, 4) is 17.0 Å². The SMILES string of the molecule is COc1ccccc1-c1ccc(C2(C(=O)NCCN(C)C)CCN(c3ccc(C(F)(F)F)cc3F)CC2)cn1. The third kappa shape index (κ3) is 6.16. The minimum atomic E-state index is -4.62. The minimum Gasteiger partial charge on any atom is -0.496 e. The number of carbonyl (C=O) groups excluding carboxylic acids is 1. The Labute approximate surface area is 225 Å². The summed E-state index contributed by atoms with van der Waals surface area (Å²) >= 11 is 0. The van der Waals surface area contributed by atoms with Crippen LogP contribution in [0.25, 0.3) is 11.3 Å². The van der Waals surface area contributed by atoms with Crippen molar-refractivity contribution < 1.29 is 27.1 Å².